The molecule has 2 amide bonds. The Balaban J connectivity index is 1.05. The lowest BCUT2D eigenvalue weighted by Gasteiger charge is -2.32. The molecule has 10 heteroatoms. The van der Waals surface area contributed by atoms with Crippen LogP contribution in [0, 0.1) is 5.92 Å². The van der Waals surface area contributed by atoms with Crippen molar-refractivity contribution < 1.29 is 9.59 Å². The first-order chi connectivity index (χ1) is 19.1. The first kappa shape index (κ1) is 25.1. The van der Waals surface area contributed by atoms with E-state index < -0.39 is 0 Å². The van der Waals surface area contributed by atoms with Crippen LogP contribution in [0.25, 0.3) is 28.2 Å². The third kappa shape index (κ3) is 5.67. The second kappa shape index (κ2) is 11.3. The van der Waals surface area contributed by atoms with Gasteiger partial charge in [-0.1, -0.05) is 24.3 Å². The molecule has 0 bridgehead atoms. The van der Waals surface area contributed by atoms with Crippen molar-refractivity contribution >= 4 is 45.8 Å². The Hall–Kier alpha value is -4.15. The summed E-state index contributed by atoms with van der Waals surface area (Å²) in [5, 5.41) is 6.67. The molecule has 0 radical (unpaired) electrons. The first-order valence-corrected chi connectivity index (χ1v) is 13.8. The van der Waals surface area contributed by atoms with E-state index in [9.17, 15) is 9.59 Å². The van der Waals surface area contributed by atoms with Crippen LogP contribution < -0.4 is 15.5 Å². The lowest BCUT2D eigenvalue weighted by atomic mass is 9.96. The van der Waals surface area contributed by atoms with E-state index in [1.54, 1.807) is 18.3 Å². The molecular formula is C29H27N7O2S. The fourth-order valence-electron chi connectivity index (χ4n) is 5.02. The topological polar surface area (TPSA) is 113 Å². The van der Waals surface area contributed by atoms with Crippen LogP contribution in [0.15, 0.2) is 72.0 Å². The highest BCUT2D eigenvalue weighted by molar-refractivity contribution is 8.18. The molecule has 0 atom stereocenters. The molecule has 2 aliphatic heterocycles. The predicted molar refractivity (Wildman–Crippen MR) is 153 cm³/mol. The Morgan fingerprint density at radius 3 is 2.67 bits per heavy atom. The van der Waals surface area contributed by atoms with E-state index in [4.69, 9.17) is 4.98 Å². The van der Waals surface area contributed by atoms with Crippen LogP contribution in [0.5, 0.6) is 0 Å². The maximum Gasteiger partial charge on any atom is 0.290 e. The summed E-state index contributed by atoms with van der Waals surface area (Å²) in [5.41, 5.74) is 4.84. The van der Waals surface area contributed by atoms with Crippen molar-refractivity contribution in [2.45, 2.75) is 19.4 Å². The molecule has 2 N–H and O–H groups in total. The number of anilines is 1. The molecular weight excluding hydrogens is 510 g/mol. The maximum atomic E-state index is 11.8. The molecule has 3 aromatic heterocycles. The summed E-state index contributed by atoms with van der Waals surface area (Å²) in [6.07, 6.45) is 9.08. The average Bonchev–Trinajstić information content (AvgIpc) is 3.29. The average molecular weight is 538 g/mol. The number of carbonyl (C=O) groups is 2. The van der Waals surface area contributed by atoms with Crippen molar-refractivity contribution in [3.63, 3.8) is 0 Å². The van der Waals surface area contributed by atoms with Crippen molar-refractivity contribution in [2.24, 2.45) is 5.92 Å². The number of piperidine rings is 1. The Morgan fingerprint density at radius 1 is 0.974 bits per heavy atom. The molecule has 0 saturated carbocycles. The van der Waals surface area contributed by atoms with E-state index in [2.05, 4.69) is 42.6 Å². The van der Waals surface area contributed by atoms with Gasteiger partial charge in [0.05, 0.1) is 21.8 Å². The number of para-hydroxylation sites is 1. The molecule has 2 fully saturated rings. The number of nitrogens with one attached hydrogen (secondary N) is 2. The van der Waals surface area contributed by atoms with Gasteiger partial charge in [-0.05, 0) is 73.0 Å². The monoisotopic (exact) mass is 537 g/mol. The van der Waals surface area contributed by atoms with Gasteiger partial charge in [0, 0.05) is 49.2 Å². The fraction of sp³-hybridized carbons (Fsp3) is 0.241. The summed E-state index contributed by atoms with van der Waals surface area (Å²) in [5.74, 6) is 0.819. The molecule has 2 saturated heterocycles. The van der Waals surface area contributed by atoms with Crippen LogP contribution in [0.3, 0.4) is 0 Å². The van der Waals surface area contributed by atoms with Gasteiger partial charge < -0.3 is 10.2 Å². The number of fused-ring (bicyclic) bond motifs is 1. The molecule has 6 rings (SSSR count). The van der Waals surface area contributed by atoms with Gasteiger partial charge in [-0.15, -0.1) is 0 Å². The number of aromatic nitrogens is 4. The Bertz CT molecular complexity index is 1560. The van der Waals surface area contributed by atoms with Crippen LogP contribution >= 0.6 is 11.8 Å². The third-order valence-corrected chi connectivity index (χ3v) is 7.84. The summed E-state index contributed by atoms with van der Waals surface area (Å²) in [7, 11) is 0. The third-order valence-electron chi connectivity index (χ3n) is 7.03. The number of pyridine rings is 2. The summed E-state index contributed by atoms with van der Waals surface area (Å²) in [6, 6.07) is 16.1. The van der Waals surface area contributed by atoms with Crippen LogP contribution in [0.4, 0.5) is 10.7 Å². The first-order valence-electron chi connectivity index (χ1n) is 13.0. The standard InChI is InChI=1S/C29H27N7O2S/c37-27-25(39-29(38)35-27)16-21-7-12-33-28(34-21)36-14-9-19(10-15-36)17-30-18-20-4-3-11-32-26(20)23-8-13-31-24-6-2-1-5-22(23)24/h1-8,11-13,16,19,30H,9-10,14-15,17-18H2,(H,35,37,38)/b25-16+. The lowest BCUT2D eigenvalue weighted by molar-refractivity contribution is -0.115. The molecule has 39 heavy (non-hydrogen) atoms. The molecule has 4 aromatic rings. The maximum absolute atomic E-state index is 11.8. The number of imide groups is 1. The van der Waals surface area contributed by atoms with Crippen molar-refractivity contribution in [2.75, 3.05) is 24.5 Å². The number of amides is 2. The van der Waals surface area contributed by atoms with E-state index in [0.29, 0.717) is 22.5 Å². The zero-order valence-corrected chi connectivity index (χ0v) is 22.0. The van der Waals surface area contributed by atoms with Gasteiger partial charge in [0.15, 0.2) is 0 Å². The normalized spacial score (nSPS) is 17.2. The van der Waals surface area contributed by atoms with Gasteiger partial charge in [0.1, 0.15) is 0 Å². The van der Waals surface area contributed by atoms with Gasteiger partial charge >= 0.3 is 0 Å². The predicted octanol–water partition coefficient (Wildman–Crippen LogP) is 4.42. The smallest absolute Gasteiger partial charge is 0.290 e. The van der Waals surface area contributed by atoms with Gasteiger partial charge in [-0.3, -0.25) is 24.9 Å². The summed E-state index contributed by atoms with van der Waals surface area (Å²) in [6.45, 7) is 3.39. The number of hydrogen-bond donors (Lipinski definition) is 2. The van der Waals surface area contributed by atoms with Gasteiger partial charge in [0.2, 0.25) is 5.95 Å². The van der Waals surface area contributed by atoms with Crippen molar-refractivity contribution in [3.05, 3.63) is 83.3 Å². The second-order valence-corrected chi connectivity index (χ2v) is 10.6. The van der Waals surface area contributed by atoms with E-state index in [0.717, 1.165) is 72.9 Å². The molecule has 9 nitrogen and oxygen atoms in total. The Labute approximate surface area is 230 Å². The zero-order valence-electron chi connectivity index (χ0n) is 21.2. The van der Waals surface area contributed by atoms with E-state index in [1.807, 2.05) is 42.7 Å². The molecule has 196 valence electrons. The highest BCUT2D eigenvalue weighted by atomic mass is 32.2. The van der Waals surface area contributed by atoms with E-state index in [-0.39, 0.29) is 11.1 Å². The lowest BCUT2D eigenvalue weighted by Crippen LogP contribution is -2.38. The SMILES string of the molecule is O=C1NC(=O)/C(=C\c2ccnc(N3CCC(CNCc4cccnc4-c4ccnc5ccccc45)CC3)n2)S1. The number of carbonyl (C=O) groups excluding carboxylic acids is 2. The number of nitrogens with zero attached hydrogens (tertiary/aromatic N) is 5. The molecule has 0 spiro atoms. The molecule has 0 unspecified atom stereocenters. The number of hydrogen-bond acceptors (Lipinski definition) is 9. The van der Waals surface area contributed by atoms with E-state index in [1.165, 1.54) is 5.56 Å². The molecule has 1 aromatic carbocycles. The molecule has 0 aliphatic carbocycles. The van der Waals surface area contributed by atoms with Gasteiger partial charge in [-0.25, -0.2) is 9.97 Å². The number of benzene rings is 1. The molecule has 2 aliphatic rings. The van der Waals surface area contributed by atoms with Gasteiger partial charge in [-0.2, -0.15) is 0 Å². The minimum atomic E-state index is -0.383. The number of thioether (sulfide) groups is 1. The Kier molecular flexibility index (Phi) is 7.29. The highest BCUT2D eigenvalue weighted by Gasteiger charge is 2.26. The summed E-state index contributed by atoms with van der Waals surface area (Å²) in [4.78, 5) is 44.1. The van der Waals surface area contributed by atoms with Crippen molar-refractivity contribution in [3.8, 4) is 11.3 Å². The second-order valence-electron chi connectivity index (χ2n) is 9.58. The van der Waals surface area contributed by atoms with Crippen molar-refractivity contribution in [1.29, 1.82) is 0 Å². The quantitative estimate of drug-likeness (QED) is 0.331. The van der Waals surface area contributed by atoms with Crippen LogP contribution in [-0.2, 0) is 11.3 Å². The minimum absolute atomic E-state index is 0.350. The number of rotatable bonds is 7. The largest absolute Gasteiger partial charge is 0.341 e. The van der Waals surface area contributed by atoms with Crippen LogP contribution in [0.1, 0.15) is 24.1 Å². The fourth-order valence-corrected chi connectivity index (χ4v) is 5.69. The van der Waals surface area contributed by atoms with Gasteiger partial charge in [0.25, 0.3) is 11.1 Å². The van der Waals surface area contributed by atoms with Crippen LogP contribution in [0.2, 0.25) is 0 Å². The van der Waals surface area contributed by atoms with E-state index >= 15 is 0 Å². The minimum Gasteiger partial charge on any atom is -0.341 e. The highest BCUT2D eigenvalue weighted by Crippen LogP contribution is 2.29. The van der Waals surface area contributed by atoms with Crippen LogP contribution in [-0.4, -0.2) is 50.7 Å². The summed E-state index contributed by atoms with van der Waals surface area (Å²) < 4.78 is 0. The molecule has 5 heterocycles. The Morgan fingerprint density at radius 2 is 1.82 bits per heavy atom. The van der Waals surface area contributed by atoms with Crippen molar-refractivity contribution in [1.82, 2.24) is 30.6 Å². The summed E-state index contributed by atoms with van der Waals surface area (Å²) >= 11 is 0.890. The zero-order chi connectivity index (χ0) is 26.6.